The van der Waals surface area contributed by atoms with Gasteiger partial charge in [0.1, 0.15) is 19.0 Å². The fourth-order valence-corrected chi connectivity index (χ4v) is 6.32. The van der Waals surface area contributed by atoms with Gasteiger partial charge in [0.2, 0.25) is 17.7 Å². The van der Waals surface area contributed by atoms with E-state index in [9.17, 15) is 23.6 Å². The maximum absolute atomic E-state index is 13.7. The number of amides is 4. The van der Waals surface area contributed by atoms with Gasteiger partial charge in [0.25, 0.3) is 5.91 Å². The zero-order chi connectivity index (χ0) is 31.5. The third kappa shape index (κ3) is 9.97. The van der Waals surface area contributed by atoms with Gasteiger partial charge >= 0.3 is 0 Å². The first-order chi connectivity index (χ1) is 21.2. The van der Waals surface area contributed by atoms with Gasteiger partial charge in [-0.1, -0.05) is 13.8 Å². The van der Waals surface area contributed by atoms with Crippen LogP contribution < -0.4 is 10.6 Å². The lowest BCUT2D eigenvalue weighted by atomic mass is 9.80. The van der Waals surface area contributed by atoms with E-state index in [1.165, 1.54) is 24.3 Å². The maximum Gasteiger partial charge on any atom is 0.253 e. The molecule has 0 spiro atoms. The molecule has 12 heteroatoms. The van der Waals surface area contributed by atoms with E-state index < -0.39 is 5.82 Å². The highest BCUT2D eigenvalue weighted by Gasteiger charge is 2.36. The number of hydrogen-bond donors (Lipinski definition) is 2. The van der Waals surface area contributed by atoms with Gasteiger partial charge in [-0.2, -0.15) is 0 Å². The van der Waals surface area contributed by atoms with Crippen LogP contribution in [0.15, 0.2) is 24.3 Å². The topological polar surface area (TPSA) is 121 Å². The number of benzene rings is 1. The number of carbonyl (C=O) groups is 4. The van der Waals surface area contributed by atoms with Gasteiger partial charge in [0.05, 0.1) is 19.8 Å². The van der Waals surface area contributed by atoms with E-state index in [0.717, 1.165) is 19.4 Å². The number of rotatable bonds is 6. The van der Waals surface area contributed by atoms with Gasteiger partial charge in [-0.25, -0.2) is 4.39 Å². The number of hydrogen-bond acceptors (Lipinski definition) is 7. The summed E-state index contributed by atoms with van der Waals surface area (Å²) in [4.78, 5) is 58.0. The maximum atomic E-state index is 13.7. The number of nitrogens with zero attached hydrogens (tertiary/aromatic N) is 3. The van der Waals surface area contributed by atoms with Crippen LogP contribution in [0.3, 0.4) is 0 Å². The van der Waals surface area contributed by atoms with Crippen LogP contribution in [-0.4, -0.2) is 123 Å². The second kappa shape index (κ2) is 16.8. The Kier molecular flexibility index (Phi) is 12.9. The quantitative estimate of drug-likeness (QED) is 0.466. The van der Waals surface area contributed by atoms with Crippen LogP contribution in [0.5, 0.6) is 0 Å². The molecular formula is C32H48FN5O6. The van der Waals surface area contributed by atoms with E-state index in [0.29, 0.717) is 70.2 Å². The summed E-state index contributed by atoms with van der Waals surface area (Å²) in [5.74, 6) is -0.624. The van der Waals surface area contributed by atoms with E-state index >= 15 is 0 Å². The minimum atomic E-state index is -0.399. The minimum absolute atomic E-state index is 0.00131. The molecule has 11 nitrogen and oxygen atoms in total. The number of ether oxygens (including phenoxy) is 2. The smallest absolute Gasteiger partial charge is 0.253 e. The number of halogens is 1. The Morgan fingerprint density at radius 1 is 1.00 bits per heavy atom. The highest BCUT2D eigenvalue weighted by atomic mass is 19.1. The fourth-order valence-electron chi connectivity index (χ4n) is 6.32. The van der Waals surface area contributed by atoms with E-state index in [-0.39, 0.29) is 67.9 Å². The number of likely N-dealkylation sites (tertiary alicyclic amines) is 1. The molecule has 2 atom stereocenters. The zero-order valence-corrected chi connectivity index (χ0v) is 26.1. The van der Waals surface area contributed by atoms with Crippen molar-refractivity contribution in [3.05, 3.63) is 35.6 Å². The first kappa shape index (κ1) is 33.8. The molecule has 244 valence electrons. The van der Waals surface area contributed by atoms with Crippen molar-refractivity contribution in [3.8, 4) is 0 Å². The van der Waals surface area contributed by atoms with Gasteiger partial charge in [-0.3, -0.25) is 19.2 Å². The SMILES string of the molecule is CC(C)NCC[C@H]1CN2CC[C@H]1CC(=O)NCCOCCOCC(=O)N(C1CCN(C(=O)c3ccc(F)cc3)CC1)CC2=O. The number of carbonyl (C=O) groups excluding carboxylic acids is 4. The third-order valence-electron chi connectivity index (χ3n) is 8.84. The van der Waals surface area contributed by atoms with Crippen LogP contribution in [0.25, 0.3) is 0 Å². The fraction of sp³-hybridized carbons (Fsp3) is 0.688. The molecule has 1 aromatic carbocycles. The van der Waals surface area contributed by atoms with Crippen molar-refractivity contribution in [1.82, 2.24) is 25.3 Å². The monoisotopic (exact) mass is 617 g/mol. The summed E-state index contributed by atoms with van der Waals surface area (Å²) < 4.78 is 24.5. The average molecular weight is 618 g/mol. The highest BCUT2D eigenvalue weighted by Crippen LogP contribution is 2.30. The van der Waals surface area contributed by atoms with Crippen molar-refractivity contribution in [3.63, 3.8) is 0 Å². The molecule has 4 fully saturated rings. The molecule has 4 aliphatic rings. The first-order valence-corrected chi connectivity index (χ1v) is 16.0. The van der Waals surface area contributed by atoms with Crippen molar-refractivity contribution in [1.29, 1.82) is 0 Å². The summed E-state index contributed by atoms with van der Waals surface area (Å²) in [5, 5.41) is 6.40. The van der Waals surface area contributed by atoms with Crippen molar-refractivity contribution in [2.75, 3.05) is 72.2 Å². The largest absolute Gasteiger partial charge is 0.377 e. The number of piperidine rings is 2. The lowest BCUT2D eigenvalue weighted by molar-refractivity contribution is -0.148. The van der Waals surface area contributed by atoms with Gasteiger partial charge in [-0.05, 0) is 68.3 Å². The molecule has 4 aliphatic heterocycles. The normalized spacial score (nSPS) is 23.9. The lowest BCUT2D eigenvalue weighted by Gasteiger charge is -2.41. The van der Waals surface area contributed by atoms with Crippen LogP contribution in [0.1, 0.15) is 56.3 Å². The Labute approximate surface area is 259 Å². The molecule has 5 rings (SSSR count). The predicted octanol–water partition coefficient (Wildman–Crippen LogP) is 1.66. The van der Waals surface area contributed by atoms with Crippen LogP contribution in [-0.2, 0) is 23.9 Å². The van der Waals surface area contributed by atoms with E-state index in [2.05, 4.69) is 24.5 Å². The molecule has 2 bridgehead atoms. The third-order valence-corrected chi connectivity index (χ3v) is 8.84. The molecule has 0 aromatic heterocycles. The summed E-state index contributed by atoms with van der Waals surface area (Å²) in [5.41, 5.74) is 0.419. The van der Waals surface area contributed by atoms with E-state index in [4.69, 9.17) is 9.47 Å². The molecule has 4 saturated heterocycles. The number of fused-ring (bicyclic) bond motifs is 15. The molecule has 2 N–H and O–H groups in total. The highest BCUT2D eigenvalue weighted by molar-refractivity contribution is 5.94. The molecule has 0 radical (unpaired) electrons. The van der Waals surface area contributed by atoms with Crippen LogP contribution in [0.4, 0.5) is 4.39 Å². The molecule has 0 unspecified atom stereocenters. The summed E-state index contributed by atoms with van der Waals surface area (Å²) in [7, 11) is 0. The first-order valence-electron chi connectivity index (χ1n) is 16.0. The summed E-state index contributed by atoms with van der Waals surface area (Å²) in [6.07, 6.45) is 3.03. The van der Waals surface area contributed by atoms with Gasteiger partial charge < -0.3 is 34.8 Å². The molecule has 1 aromatic rings. The Bertz CT molecular complexity index is 1110. The van der Waals surface area contributed by atoms with Crippen molar-refractivity contribution in [2.45, 2.75) is 58.0 Å². The molecule has 0 aliphatic carbocycles. The molecule has 44 heavy (non-hydrogen) atoms. The predicted molar refractivity (Wildman–Crippen MR) is 162 cm³/mol. The second-order valence-electron chi connectivity index (χ2n) is 12.3. The standard InChI is InChI=1S/C32H48FN5O6/c1-23(2)34-11-7-26-20-37-13-8-25(26)19-29(39)35-12-16-43-17-18-44-22-31(41)38(21-30(37)40)28-9-14-36(15-10-28)32(42)24-3-5-27(33)6-4-24/h3-6,23,25-26,28,34H,7-22H2,1-2H3,(H,35,39)/t25-,26-/m0/s1. The van der Waals surface area contributed by atoms with E-state index in [1.807, 2.05) is 4.90 Å². The average Bonchev–Trinajstić information content (AvgIpc) is 3.01. The summed E-state index contributed by atoms with van der Waals surface area (Å²) in [6.45, 7) is 7.95. The van der Waals surface area contributed by atoms with Crippen LogP contribution in [0, 0.1) is 17.7 Å². The molecule has 0 saturated carbocycles. The zero-order valence-electron chi connectivity index (χ0n) is 26.1. The minimum Gasteiger partial charge on any atom is -0.377 e. The Balaban J connectivity index is 1.44. The van der Waals surface area contributed by atoms with Gasteiger partial charge in [-0.15, -0.1) is 0 Å². The lowest BCUT2D eigenvalue weighted by Crippen LogP contribution is -2.54. The van der Waals surface area contributed by atoms with E-state index in [1.54, 1.807) is 9.80 Å². The van der Waals surface area contributed by atoms with Crippen LogP contribution in [0.2, 0.25) is 0 Å². The molecule has 4 heterocycles. The van der Waals surface area contributed by atoms with Gasteiger partial charge in [0.15, 0.2) is 0 Å². The van der Waals surface area contributed by atoms with Gasteiger partial charge in [0, 0.05) is 56.8 Å². The number of nitrogens with one attached hydrogen (secondary N) is 2. The Hall–Kier alpha value is -3.09. The summed E-state index contributed by atoms with van der Waals surface area (Å²) >= 11 is 0. The molecular weight excluding hydrogens is 569 g/mol. The van der Waals surface area contributed by atoms with Crippen LogP contribution >= 0.6 is 0 Å². The van der Waals surface area contributed by atoms with Crippen molar-refractivity contribution in [2.24, 2.45) is 11.8 Å². The van der Waals surface area contributed by atoms with Crippen molar-refractivity contribution >= 4 is 23.6 Å². The Morgan fingerprint density at radius 2 is 1.73 bits per heavy atom. The summed E-state index contributed by atoms with van der Waals surface area (Å²) in [6, 6.07) is 5.61. The molecule has 4 amide bonds. The van der Waals surface area contributed by atoms with Crippen molar-refractivity contribution < 1.29 is 33.0 Å². The second-order valence-corrected chi connectivity index (χ2v) is 12.3. The Morgan fingerprint density at radius 3 is 2.45 bits per heavy atom.